The molecular weight excluding hydrogens is 248 g/mol. The smallest absolute Gasteiger partial charge is 0.142 e. The van der Waals surface area contributed by atoms with Gasteiger partial charge in [-0.2, -0.15) is 0 Å². The predicted octanol–water partition coefficient (Wildman–Crippen LogP) is 3.97. The molecule has 1 aromatic heterocycles. The summed E-state index contributed by atoms with van der Waals surface area (Å²) in [5.74, 6) is 0.909. The molecule has 0 aliphatic heterocycles. The average Bonchev–Trinajstić information content (AvgIpc) is 2.84. The Morgan fingerprint density at radius 1 is 1.20 bits per heavy atom. The van der Waals surface area contributed by atoms with Crippen LogP contribution in [-0.4, -0.2) is 11.1 Å². The van der Waals surface area contributed by atoms with Crippen LogP contribution >= 0.6 is 0 Å². The molecule has 0 spiro atoms. The van der Waals surface area contributed by atoms with Gasteiger partial charge in [-0.25, -0.2) is 0 Å². The molecule has 1 aromatic carbocycles. The summed E-state index contributed by atoms with van der Waals surface area (Å²) >= 11 is 0. The average molecular weight is 268 g/mol. The van der Waals surface area contributed by atoms with Gasteiger partial charge in [-0.1, -0.05) is 18.2 Å². The Kier molecular flexibility index (Phi) is 3.59. The van der Waals surface area contributed by atoms with Crippen LogP contribution in [0.4, 0.5) is 5.69 Å². The molecule has 0 bridgehead atoms. The molecule has 20 heavy (non-hydrogen) atoms. The summed E-state index contributed by atoms with van der Waals surface area (Å²) in [5.41, 5.74) is 3.57. The fourth-order valence-corrected chi connectivity index (χ4v) is 2.68. The first kappa shape index (κ1) is 13.0. The maximum absolute atomic E-state index is 5.86. The standard InChI is InChI=1S/C17H20N2O/c1-12(2)20-16-8-4-3-7-14(16)19-15-10-9-13-6-5-11-18-17(13)15/h3-8,11-12,15,19H,9-10H2,1-2H3. The van der Waals surface area contributed by atoms with Crippen LogP contribution in [0.25, 0.3) is 0 Å². The molecule has 3 heteroatoms. The lowest BCUT2D eigenvalue weighted by Gasteiger charge is -2.19. The Hall–Kier alpha value is -2.03. The van der Waals surface area contributed by atoms with Crippen LogP contribution in [0.15, 0.2) is 42.6 Å². The Morgan fingerprint density at radius 3 is 2.90 bits per heavy atom. The van der Waals surface area contributed by atoms with Gasteiger partial charge >= 0.3 is 0 Å². The highest BCUT2D eigenvalue weighted by Gasteiger charge is 2.24. The van der Waals surface area contributed by atoms with Gasteiger partial charge in [-0.15, -0.1) is 0 Å². The Bertz CT molecular complexity index is 595. The number of aromatic nitrogens is 1. The molecular formula is C17H20N2O. The normalized spacial score (nSPS) is 17.1. The minimum absolute atomic E-state index is 0.173. The van der Waals surface area contributed by atoms with Crippen molar-refractivity contribution >= 4 is 5.69 Å². The zero-order valence-electron chi connectivity index (χ0n) is 12.0. The summed E-state index contributed by atoms with van der Waals surface area (Å²) in [4.78, 5) is 4.52. The van der Waals surface area contributed by atoms with Crippen LogP contribution in [0.1, 0.15) is 37.6 Å². The van der Waals surface area contributed by atoms with Crippen LogP contribution in [0.3, 0.4) is 0 Å². The van der Waals surface area contributed by atoms with E-state index in [9.17, 15) is 0 Å². The molecule has 0 radical (unpaired) electrons. The van der Waals surface area contributed by atoms with Crippen molar-refractivity contribution in [3.8, 4) is 5.75 Å². The van der Waals surface area contributed by atoms with E-state index in [0.29, 0.717) is 0 Å². The van der Waals surface area contributed by atoms with E-state index >= 15 is 0 Å². The van der Waals surface area contributed by atoms with E-state index in [4.69, 9.17) is 4.74 Å². The Balaban J connectivity index is 1.82. The van der Waals surface area contributed by atoms with Gasteiger partial charge in [0.05, 0.1) is 23.5 Å². The number of hydrogen-bond acceptors (Lipinski definition) is 3. The lowest BCUT2D eigenvalue weighted by Crippen LogP contribution is -2.12. The molecule has 1 N–H and O–H groups in total. The number of aryl methyl sites for hydroxylation is 1. The summed E-state index contributed by atoms with van der Waals surface area (Å²) in [6.07, 6.45) is 4.22. The summed E-state index contributed by atoms with van der Waals surface area (Å²) in [5, 5.41) is 3.58. The van der Waals surface area contributed by atoms with Crippen molar-refractivity contribution in [2.45, 2.75) is 38.8 Å². The molecule has 0 saturated heterocycles. The number of fused-ring (bicyclic) bond motifs is 1. The van der Waals surface area contributed by atoms with Crippen LogP contribution < -0.4 is 10.1 Å². The van der Waals surface area contributed by atoms with E-state index in [2.05, 4.69) is 22.4 Å². The topological polar surface area (TPSA) is 34.1 Å². The molecule has 3 nitrogen and oxygen atoms in total. The third-order valence-corrected chi connectivity index (χ3v) is 3.54. The van der Waals surface area contributed by atoms with Crippen molar-refractivity contribution in [1.82, 2.24) is 4.98 Å². The number of nitrogens with one attached hydrogen (secondary N) is 1. The van der Waals surface area contributed by atoms with Gasteiger partial charge < -0.3 is 10.1 Å². The SMILES string of the molecule is CC(C)Oc1ccccc1NC1CCc2cccnc21. The van der Waals surface area contributed by atoms with E-state index in [1.165, 1.54) is 11.3 Å². The Morgan fingerprint density at radius 2 is 2.05 bits per heavy atom. The summed E-state index contributed by atoms with van der Waals surface area (Å²) in [6.45, 7) is 4.09. The third kappa shape index (κ3) is 2.62. The summed E-state index contributed by atoms with van der Waals surface area (Å²) in [7, 11) is 0. The first-order chi connectivity index (χ1) is 9.74. The number of ether oxygens (including phenoxy) is 1. The molecule has 0 fully saturated rings. The van der Waals surface area contributed by atoms with Gasteiger partial charge in [-0.3, -0.25) is 4.98 Å². The van der Waals surface area contributed by atoms with Gasteiger partial charge in [0.25, 0.3) is 0 Å². The molecule has 1 unspecified atom stereocenters. The molecule has 2 aromatic rings. The van der Waals surface area contributed by atoms with Crippen molar-refractivity contribution in [1.29, 1.82) is 0 Å². The zero-order valence-corrected chi connectivity index (χ0v) is 12.0. The van der Waals surface area contributed by atoms with Crippen LogP contribution in [0.5, 0.6) is 5.75 Å². The second-order valence-electron chi connectivity index (χ2n) is 5.45. The van der Waals surface area contributed by atoms with Gasteiger partial charge in [-0.05, 0) is 50.5 Å². The zero-order chi connectivity index (χ0) is 13.9. The van der Waals surface area contributed by atoms with Crippen LogP contribution in [0.2, 0.25) is 0 Å². The highest BCUT2D eigenvalue weighted by molar-refractivity contribution is 5.58. The first-order valence-corrected chi connectivity index (χ1v) is 7.20. The fraction of sp³-hybridized carbons (Fsp3) is 0.353. The van der Waals surface area contributed by atoms with Gasteiger partial charge in [0.15, 0.2) is 0 Å². The van der Waals surface area contributed by atoms with Crippen LogP contribution in [0, 0.1) is 0 Å². The first-order valence-electron chi connectivity index (χ1n) is 7.20. The number of hydrogen-bond donors (Lipinski definition) is 1. The lowest BCUT2D eigenvalue weighted by atomic mass is 10.2. The number of para-hydroxylation sites is 2. The third-order valence-electron chi connectivity index (χ3n) is 3.54. The van der Waals surface area contributed by atoms with E-state index < -0.39 is 0 Å². The van der Waals surface area contributed by atoms with Crippen molar-refractivity contribution in [2.24, 2.45) is 0 Å². The predicted molar refractivity (Wildman–Crippen MR) is 81.1 cm³/mol. The molecule has 3 rings (SSSR count). The maximum Gasteiger partial charge on any atom is 0.142 e. The molecule has 1 aliphatic carbocycles. The molecule has 0 saturated carbocycles. The van der Waals surface area contributed by atoms with Crippen LogP contribution in [-0.2, 0) is 6.42 Å². The fourth-order valence-electron chi connectivity index (χ4n) is 2.68. The van der Waals surface area contributed by atoms with E-state index in [1.54, 1.807) is 0 Å². The molecule has 104 valence electrons. The van der Waals surface area contributed by atoms with E-state index in [1.807, 2.05) is 44.3 Å². The van der Waals surface area contributed by atoms with Gasteiger partial charge in [0.2, 0.25) is 0 Å². The minimum atomic E-state index is 0.173. The van der Waals surface area contributed by atoms with Gasteiger partial charge in [0, 0.05) is 6.20 Å². The van der Waals surface area contributed by atoms with Crippen molar-refractivity contribution in [2.75, 3.05) is 5.32 Å². The van der Waals surface area contributed by atoms with Crippen molar-refractivity contribution < 1.29 is 4.74 Å². The Labute approximate surface area is 120 Å². The molecule has 1 atom stereocenters. The minimum Gasteiger partial charge on any atom is -0.489 e. The highest BCUT2D eigenvalue weighted by Crippen LogP contribution is 2.35. The number of anilines is 1. The number of benzene rings is 1. The highest BCUT2D eigenvalue weighted by atomic mass is 16.5. The van der Waals surface area contributed by atoms with Crippen molar-refractivity contribution in [3.05, 3.63) is 53.9 Å². The quantitative estimate of drug-likeness (QED) is 0.911. The molecule has 0 amide bonds. The maximum atomic E-state index is 5.86. The van der Waals surface area contributed by atoms with E-state index in [-0.39, 0.29) is 12.1 Å². The number of rotatable bonds is 4. The summed E-state index contributed by atoms with van der Waals surface area (Å²) in [6, 6.07) is 12.6. The second kappa shape index (κ2) is 5.53. The summed E-state index contributed by atoms with van der Waals surface area (Å²) < 4.78 is 5.86. The molecule has 1 aliphatic rings. The monoisotopic (exact) mass is 268 g/mol. The second-order valence-corrected chi connectivity index (χ2v) is 5.45. The van der Waals surface area contributed by atoms with Crippen molar-refractivity contribution in [3.63, 3.8) is 0 Å². The van der Waals surface area contributed by atoms with Gasteiger partial charge in [0.1, 0.15) is 5.75 Å². The number of nitrogens with zero attached hydrogens (tertiary/aromatic N) is 1. The lowest BCUT2D eigenvalue weighted by molar-refractivity contribution is 0.243. The number of pyridine rings is 1. The molecule has 1 heterocycles. The van der Waals surface area contributed by atoms with E-state index in [0.717, 1.165) is 24.3 Å². The largest absolute Gasteiger partial charge is 0.489 e.